The Morgan fingerprint density at radius 2 is 1.42 bits per heavy atom. The van der Waals surface area contributed by atoms with Gasteiger partial charge in [-0.25, -0.2) is 0 Å². The summed E-state index contributed by atoms with van der Waals surface area (Å²) in [5.41, 5.74) is 8.69. The van der Waals surface area contributed by atoms with Crippen LogP contribution in [0.1, 0.15) is 54.4 Å². The second kappa shape index (κ2) is 7.25. The third-order valence-corrected chi connectivity index (χ3v) is 6.04. The Kier molecular flexibility index (Phi) is 4.82. The summed E-state index contributed by atoms with van der Waals surface area (Å²) in [7, 11) is 0. The van der Waals surface area contributed by atoms with Crippen molar-refractivity contribution in [3.63, 3.8) is 0 Å². The van der Waals surface area contributed by atoms with Gasteiger partial charge in [-0.15, -0.1) is 0 Å². The SMILES string of the molecule is CCC1=C(C(c2ccccc2)c2ccccc2)C(C)c2cc(Br)ccc21. The summed E-state index contributed by atoms with van der Waals surface area (Å²) in [4.78, 5) is 0. The van der Waals surface area contributed by atoms with E-state index in [-0.39, 0.29) is 0 Å². The highest BCUT2D eigenvalue weighted by Gasteiger charge is 2.33. The van der Waals surface area contributed by atoms with E-state index in [1.54, 1.807) is 5.57 Å². The fraction of sp³-hybridized carbons (Fsp3) is 0.200. The molecule has 1 aliphatic rings. The normalized spacial score (nSPS) is 16.2. The molecule has 0 saturated heterocycles. The van der Waals surface area contributed by atoms with Crippen molar-refractivity contribution in [1.29, 1.82) is 0 Å². The molecule has 0 radical (unpaired) electrons. The molecule has 0 nitrogen and oxygen atoms in total. The van der Waals surface area contributed by atoms with E-state index in [1.165, 1.54) is 27.8 Å². The van der Waals surface area contributed by atoms with Gasteiger partial charge in [-0.2, -0.15) is 0 Å². The molecule has 1 unspecified atom stereocenters. The van der Waals surface area contributed by atoms with Crippen molar-refractivity contribution in [2.45, 2.75) is 32.1 Å². The van der Waals surface area contributed by atoms with Crippen LogP contribution >= 0.6 is 15.9 Å². The number of allylic oxidation sites excluding steroid dienone is 2. The van der Waals surface area contributed by atoms with E-state index in [4.69, 9.17) is 0 Å². The van der Waals surface area contributed by atoms with Gasteiger partial charge >= 0.3 is 0 Å². The predicted molar refractivity (Wildman–Crippen MR) is 114 cm³/mol. The van der Waals surface area contributed by atoms with Gasteiger partial charge in [0.25, 0.3) is 0 Å². The molecule has 0 saturated carbocycles. The van der Waals surface area contributed by atoms with Crippen molar-refractivity contribution in [2.24, 2.45) is 0 Å². The second-order valence-corrected chi connectivity index (χ2v) is 7.91. The lowest BCUT2D eigenvalue weighted by atomic mass is 9.78. The van der Waals surface area contributed by atoms with E-state index in [0.29, 0.717) is 11.8 Å². The molecule has 4 rings (SSSR count). The molecule has 1 heteroatoms. The first-order valence-corrected chi connectivity index (χ1v) is 10.1. The highest BCUT2D eigenvalue weighted by Crippen LogP contribution is 2.51. The number of hydrogen-bond acceptors (Lipinski definition) is 0. The Balaban J connectivity index is 1.94. The van der Waals surface area contributed by atoms with Crippen molar-refractivity contribution < 1.29 is 0 Å². The minimum atomic E-state index is 0.300. The average molecular weight is 403 g/mol. The lowest BCUT2D eigenvalue weighted by Crippen LogP contribution is -2.09. The van der Waals surface area contributed by atoms with Crippen LogP contribution in [0.2, 0.25) is 0 Å². The molecule has 0 N–H and O–H groups in total. The van der Waals surface area contributed by atoms with Crippen LogP contribution in [0.4, 0.5) is 0 Å². The predicted octanol–water partition coefficient (Wildman–Crippen LogP) is 7.56. The molecule has 1 atom stereocenters. The van der Waals surface area contributed by atoms with Crippen LogP contribution in [0.15, 0.2) is 88.9 Å². The molecular formula is C25H23Br. The van der Waals surface area contributed by atoms with E-state index in [2.05, 4.69) is 109 Å². The van der Waals surface area contributed by atoms with Crippen molar-refractivity contribution >= 4 is 21.5 Å². The van der Waals surface area contributed by atoms with Crippen molar-refractivity contribution in [3.8, 4) is 0 Å². The average Bonchev–Trinajstić information content (AvgIpc) is 2.95. The fourth-order valence-electron chi connectivity index (χ4n) is 4.41. The van der Waals surface area contributed by atoms with E-state index < -0.39 is 0 Å². The lowest BCUT2D eigenvalue weighted by molar-refractivity contribution is 0.804. The zero-order chi connectivity index (χ0) is 18.1. The molecule has 0 aromatic heterocycles. The molecule has 3 aromatic carbocycles. The van der Waals surface area contributed by atoms with Crippen LogP contribution in [-0.4, -0.2) is 0 Å². The summed E-state index contributed by atoms with van der Waals surface area (Å²) in [5.74, 6) is 0.719. The number of hydrogen-bond donors (Lipinski definition) is 0. The molecule has 26 heavy (non-hydrogen) atoms. The molecule has 0 spiro atoms. The summed E-state index contributed by atoms with van der Waals surface area (Å²) in [6.45, 7) is 4.65. The molecule has 0 bridgehead atoms. The Morgan fingerprint density at radius 3 is 1.96 bits per heavy atom. The highest BCUT2D eigenvalue weighted by atomic mass is 79.9. The van der Waals surface area contributed by atoms with E-state index in [1.807, 2.05) is 0 Å². The zero-order valence-electron chi connectivity index (χ0n) is 15.2. The summed E-state index contributed by atoms with van der Waals surface area (Å²) in [6, 6.07) is 28.6. The molecular weight excluding hydrogens is 380 g/mol. The topological polar surface area (TPSA) is 0 Å². The first kappa shape index (κ1) is 17.3. The van der Waals surface area contributed by atoms with Crippen molar-refractivity contribution in [2.75, 3.05) is 0 Å². The maximum absolute atomic E-state index is 3.66. The van der Waals surface area contributed by atoms with Gasteiger partial charge < -0.3 is 0 Å². The fourth-order valence-corrected chi connectivity index (χ4v) is 4.79. The van der Waals surface area contributed by atoms with Gasteiger partial charge in [0, 0.05) is 16.3 Å². The first-order chi connectivity index (χ1) is 12.7. The Labute approximate surface area is 164 Å². The van der Waals surface area contributed by atoms with Gasteiger partial charge in [0.05, 0.1) is 0 Å². The first-order valence-electron chi connectivity index (χ1n) is 9.33. The molecule has 3 aromatic rings. The Bertz CT molecular complexity index is 899. The standard InChI is InChI=1S/C25H23Br/c1-3-21-22-15-14-20(26)16-23(22)17(2)24(21)25(18-10-6-4-7-11-18)19-12-8-5-9-13-19/h4-17,25H,3H2,1-2H3. The van der Waals surface area contributed by atoms with E-state index in [9.17, 15) is 0 Å². The van der Waals surface area contributed by atoms with Crippen molar-refractivity contribution in [1.82, 2.24) is 0 Å². The van der Waals surface area contributed by atoms with Gasteiger partial charge in [0.2, 0.25) is 0 Å². The number of rotatable bonds is 4. The molecule has 0 amide bonds. The van der Waals surface area contributed by atoms with Gasteiger partial charge in [0.15, 0.2) is 0 Å². The Morgan fingerprint density at radius 1 is 0.846 bits per heavy atom. The maximum atomic E-state index is 3.66. The summed E-state index contributed by atoms with van der Waals surface area (Å²) < 4.78 is 1.16. The zero-order valence-corrected chi connectivity index (χ0v) is 16.8. The molecule has 1 aliphatic carbocycles. The highest BCUT2D eigenvalue weighted by molar-refractivity contribution is 9.10. The van der Waals surface area contributed by atoms with E-state index >= 15 is 0 Å². The van der Waals surface area contributed by atoms with Gasteiger partial charge in [-0.3, -0.25) is 0 Å². The van der Waals surface area contributed by atoms with Crippen molar-refractivity contribution in [3.05, 3.63) is 111 Å². The molecule has 0 aliphatic heterocycles. The largest absolute Gasteiger partial charge is 0.0622 e. The summed E-state index contributed by atoms with van der Waals surface area (Å²) in [6.07, 6.45) is 1.06. The minimum absolute atomic E-state index is 0.300. The minimum Gasteiger partial charge on any atom is -0.0622 e. The van der Waals surface area contributed by atoms with Crippen LogP contribution in [0, 0.1) is 0 Å². The maximum Gasteiger partial charge on any atom is 0.0310 e. The second-order valence-electron chi connectivity index (χ2n) is 7.00. The lowest BCUT2D eigenvalue weighted by Gasteiger charge is -2.25. The third kappa shape index (κ3) is 2.95. The summed E-state index contributed by atoms with van der Waals surface area (Å²) >= 11 is 3.66. The van der Waals surface area contributed by atoms with Gasteiger partial charge in [0.1, 0.15) is 0 Å². The summed E-state index contributed by atoms with van der Waals surface area (Å²) in [5, 5.41) is 0. The van der Waals surface area contributed by atoms with Crippen LogP contribution in [0.5, 0.6) is 0 Å². The van der Waals surface area contributed by atoms with Crippen LogP contribution < -0.4 is 0 Å². The van der Waals surface area contributed by atoms with Crippen LogP contribution in [-0.2, 0) is 0 Å². The molecule has 0 fully saturated rings. The monoisotopic (exact) mass is 402 g/mol. The van der Waals surface area contributed by atoms with Crippen LogP contribution in [0.3, 0.4) is 0 Å². The molecule has 0 heterocycles. The smallest absolute Gasteiger partial charge is 0.0310 e. The third-order valence-electron chi connectivity index (χ3n) is 5.55. The van der Waals surface area contributed by atoms with Crippen LogP contribution in [0.25, 0.3) is 5.57 Å². The number of fused-ring (bicyclic) bond motifs is 1. The number of halogens is 1. The molecule has 130 valence electrons. The van der Waals surface area contributed by atoms with E-state index in [0.717, 1.165) is 10.9 Å². The quantitative estimate of drug-likeness (QED) is 0.422. The van der Waals surface area contributed by atoms with Gasteiger partial charge in [-0.1, -0.05) is 96.5 Å². The Hall–Kier alpha value is -2.12. The van der Waals surface area contributed by atoms with Gasteiger partial charge in [-0.05, 0) is 52.0 Å². The number of benzene rings is 3.